The molecule has 0 unspecified atom stereocenters. The molecule has 5 heteroatoms. The lowest BCUT2D eigenvalue weighted by Crippen LogP contribution is -2.44. The molecule has 0 atom stereocenters. The van der Waals surface area contributed by atoms with E-state index < -0.39 is 0 Å². The van der Waals surface area contributed by atoms with Crippen molar-refractivity contribution < 1.29 is 0 Å². The topological polar surface area (TPSA) is 58.3 Å². The minimum Gasteiger partial charge on any atom is -0.398 e. The number of benzene rings is 1. The van der Waals surface area contributed by atoms with E-state index in [1.807, 2.05) is 43.5 Å². The number of rotatable bonds is 2. The predicted octanol–water partition coefficient (Wildman–Crippen LogP) is 2.94. The van der Waals surface area contributed by atoms with Crippen molar-refractivity contribution in [2.24, 2.45) is 0 Å². The normalized spacial score (nSPS) is 15.7. The lowest BCUT2D eigenvalue weighted by molar-refractivity contribution is 0.312. The Morgan fingerprint density at radius 2 is 1.80 bits per heavy atom. The fourth-order valence-electron chi connectivity index (χ4n) is 3.39. The van der Waals surface area contributed by atoms with E-state index in [1.165, 1.54) is 0 Å². The van der Waals surface area contributed by atoms with Gasteiger partial charge in [-0.15, -0.1) is 0 Å². The molecule has 2 N–H and O–H groups in total. The van der Waals surface area contributed by atoms with Gasteiger partial charge in [0, 0.05) is 49.0 Å². The largest absolute Gasteiger partial charge is 0.398 e. The lowest BCUT2D eigenvalue weighted by atomic mass is 10.0. The van der Waals surface area contributed by atoms with Crippen LogP contribution in [0.15, 0.2) is 42.6 Å². The Kier molecular flexibility index (Phi) is 4.01. The molecule has 2 aromatic heterocycles. The molecule has 128 valence electrons. The van der Waals surface area contributed by atoms with E-state index in [0.29, 0.717) is 0 Å². The number of anilines is 2. The van der Waals surface area contributed by atoms with Crippen LogP contribution < -0.4 is 10.6 Å². The van der Waals surface area contributed by atoms with E-state index in [2.05, 4.69) is 27.9 Å². The van der Waals surface area contributed by atoms with Gasteiger partial charge in [0.15, 0.2) is 0 Å². The highest BCUT2D eigenvalue weighted by Crippen LogP contribution is 2.32. The molecule has 1 aliphatic rings. The van der Waals surface area contributed by atoms with Crippen LogP contribution in [0, 0.1) is 6.92 Å². The molecule has 0 saturated carbocycles. The van der Waals surface area contributed by atoms with Gasteiger partial charge in [-0.25, -0.2) is 9.97 Å². The standard InChI is InChI=1S/C20H23N5/c1-14-19(21)16-5-3-4-6-17(16)23-20(14)15-7-8-22-18(13-15)25-11-9-24(2)10-12-25/h3-8,13H,9-12H2,1-2H3,(H2,21,23). The molecule has 3 aromatic rings. The Morgan fingerprint density at radius 1 is 1.04 bits per heavy atom. The summed E-state index contributed by atoms with van der Waals surface area (Å²) in [6, 6.07) is 12.2. The van der Waals surface area contributed by atoms with Crippen LogP contribution in [0.5, 0.6) is 0 Å². The average Bonchev–Trinajstić information content (AvgIpc) is 2.65. The van der Waals surface area contributed by atoms with Gasteiger partial charge in [-0.3, -0.25) is 0 Å². The first-order valence-electron chi connectivity index (χ1n) is 8.68. The maximum absolute atomic E-state index is 6.38. The fraction of sp³-hybridized carbons (Fsp3) is 0.300. The number of nitrogen functional groups attached to an aromatic ring is 1. The summed E-state index contributed by atoms with van der Waals surface area (Å²) in [4.78, 5) is 14.1. The second kappa shape index (κ2) is 6.33. The van der Waals surface area contributed by atoms with Crippen molar-refractivity contribution in [1.82, 2.24) is 14.9 Å². The van der Waals surface area contributed by atoms with E-state index in [0.717, 1.165) is 65.4 Å². The van der Waals surface area contributed by atoms with E-state index in [1.54, 1.807) is 0 Å². The number of fused-ring (bicyclic) bond motifs is 1. The monoisotopic (exact) mass is 333 g/mol. The van der Waals surface area contributed by atoms with Crippen LogP contribution in [0.3, 0.4) is 0 Å². The smallest absolute Gasteiger partial charge is 0.129 e. The second-order valence-corrected chi connectivity index (χ2v) is 6.71. The van der Waals surface area contributed by atoms with E-state index >= 15 is 0 Å². The molecule has 4 rings (SSSR count). The van der Waals surface area contributed by atoms with Crippen LogP contribution in [0.25, 0.3) is 22.2 Å². The SMILES string of the molecule is Cc1c(-c2ccnc(N3CCN(C)CC3)c2)nc2ccccc2c1N. The van der Waals surface area contributed by atoms with Gasteiger partial charge in [0.2, 0.25) is 0 Å². The Bertz CT molecular complexity index is 913. The molecule has 1 aromatic carbocycles. The number of nitrogens with zero attached hydrogens (tertiary/aromatic N) is 4. The van der Waals surface area contributed by atoms with Gasteiger partial charge in [-0.05, 0) is 37.7 Å². The number of para-hydroxylation sites is 1. The summed E-state index contributed by atoms with van der Waals surface area (Å²) in [6.45, 7) is 6.16. The highest BCUT2D eigenvalue weighted by Gasteiger charge is 2.17. The lowest BCUT2D eigenvalue weighted by Gasteiger charge is -2.33. The van der Waals surface area contributed by atoms with Crippen LogP contribution in [0.4, 0.5) is 11.5 Å². The maximum Gasteiger partial charge on any atom is 0.129 e. The third kappa shape index (κ3) is 2.91. The molecule has 1 aliphatic heterocycles. The van der Waals surface area contributed by atoms with Gasteiger partial charge >= 0.3 is 0 Å². The molecular formula is C20H23N5. The molecule has 0 radical (unpaired) electrons. The summed E-state index contributed by atoms with van der Waals surface area (Å²) < 4.78 is 0. The number of likely N-dealkylation sites (N-methyl/N-ethyl adjacent to an activating group) is 1. The molecule has 1 fully saturated rings. The van der Waals surface area contributed by atoms with Crippen molar-refractivity contribution in [1.29, 1.82) is 0 Å². The van der Waals surface area contributed by atoms with E-state index in [-0.39, 0.29) is 0 Å². The molecule has 3 heterocycles. The highest BCUT2D eigenvalue weighted by molar-refractivity contribution is 5.95. The Hall–Kier alpha value is -2.66. The van der Waals surface area contributed by atoms with Gasteiger partial charge < -0.3 is 15.5 Å². The molecule has 0 spiro atoms. The summed E-state index contributed by atoms with van der Waals surface area (Å²) in [5.74, 6) is 1.01. The number of pyridine rings is 2. The molecular weight excluding hydrogens is 310 g/mol. The zero-order valence-corrected chi connectivity index (χ0v) is 14.7. The minimum atomic E-state index is 0.804. The van der Waals surface area contributed by atoms with E-state index in [9.17, 15) is 0 Å². The first-order chi connectivity index (χ1) is 12.1. The van der Waals surface area contributed by atoms with Gasteiger partial charge in [0.1, 0.15) is 5.82 Å². The summed E-state index contributed by atoms with van der Waals surface area (Å²) in [5, 5.41) is 1.01. The second-order valence-electron chi connectivity index (χ2n) is 6.71. The van der Waals surface area contributed by atoms with Gasteiger partial charge in [-0.1, -0.05) is 18.2 Å². The molecule has 25 heavy (non-hydrogen) atoms. The van der Waals surface area contributed by atoms with Crippen molar-refractivity contribution in [3.8, 4) is 11.3 Å². The number of aromatic nitrogens is 2. The highest BCUT2D eigenvalue weighted by atomic mass is 15.3. The van der Waals surface area contributed by atoms with Crippen molar-refractivity contribution in [3.63, 3.8) is 0 Å². The van der Waals surface area contributed by atoms with Crippen molar-refractivity contribution in [3.05, 3.63) is 48.2 Å². The molecule has 5 nitrogen and oxygen atoms in total. The number of hydrogen-bond donors (Lipinski definition) is 1. The van der Waals surface area contributed by atoms with Crippen molar-refractivity contribution in [2.75, 3.05) is 43.9 Å². The van der Waals surface area contributed by atoms with Crippen molar-refractivity contribution in [2.45, 2.75) is 6.92 Å². The zero-order chi connectivity index (χ0) is 17.4. The average molecular weight is 333 g/mol. The first-order valence-corrected chi connectivity index (χ1v) is 8.68. The third-order valence-electron chi connectivity index (χ3n) is 5.03. The Labute approximate surface area is 148 Å². The summed E-state index contributed by atoms with van der Waals surface area (Å²) in [6.07, 6.45) is 1.87. The van der Waals surface area contributed by atoms with Gasteiger partial charge in [-0.2, -0.15) is 0 Å². The Morgan fingerprint density at radius 3 is 2.60 bits per heavy atom. The van der Waals surface area contributed by atoms with Gasteiger partial charge in [0.25, 0.3) is 0 Å². The predicted molar refractivity (Wildman–Crippen MR) is 104 cm³/mol. The Balaban J connectivity index is 1.76. The van der Waals surface area contributed by atoms with Crippen LogP contribution in [-0.2, 0) is 0 Å². The third-order valence-corrected chi connectivity index (χ3v) is 5.03. The van der Waals surface area contributed by atoms with Crippen LogP contribution >= 0.6 is 0 Å². The number of hydrogen-bond acceptors (Lipinski definition) is 5. The van der Waals surface area contributed by atoms with Crippen LogP contribution in [-0.4, -0.2) is 48.1 Å². The fourth-order valence-corrected chi connectivity index (χ4v) is 3.39. The zero-order valence-electron chi connectivity index (χ0n) is 14.7. The number of piperazine rings is 1. The van der Waals surface area contributed by atoms with E-state index in [4.69, 9.17) is 10.7 Å². The first kappa shape index (κ1) is 15.8. The van der Waals surface area contributed by atoms with Crippen molar-refractivity contribution >= 4 is 22.4 Å². The molecule has 1 saturated heterocycles. The summed E-state index contributed by atoms with van der Waals surface area (Å²) in [5.41, 5.74) is 11.1. The molecule has 0 amide bonds. The molecule has 0 bridgehead atoms. The van der Waals surface area contributed by atoms with Crippen LogP contribution in [0.2, 0.25) is 0 Å². The summed E-state index contributed by atoms with van der Waals surface area (Å²) >= 11 is 0. The van der Waals surface area contributed by atoms with Gasteiger partial charge in [0.05, 0.1) is 11.2 Å². The number of nitrogens with two attached hydrogens (primary N) is 1. The maximum atomic E-state index is 6.38. The summed E-state index contributed by atoms with van der Waals surface area (Å²) in [7, 11) is 2.16. The van der Waals surface area contributed by atoms with Crippen LogP contribution in [0.1, 0.15) is 5.56 Å². The molecule has 0 aliphatic carbocycles. The minimum absolute atomic E-state index is 0.804. The quantitative estimate of drug-likeness (QED) is 0.781.